The van der Waals surface area contributed by atoms with Crippen molar-refractivity contribution in [1.29, 1.82) is 0 Å². The normalized spacial score (nSPS) is 26.6. The molecule has 2 nitrogen and oxygen atoms in total. The molecule has 1 aromatic carbocycles. The minimum atomic E-state index is -0.279. The summed E-state index contributed by atoms with van der Waals surface area (Å²) in [6, 6.07) is 9.44. The zero-order valence-corrected chi connectivity index (χ0v) is 11.2. The summed E-state index contributed by atoms with van der Waals surface area (Å²) in [4.78, 5) is 2.58. The Labute approximate surface area is 110 Å². The van der Waals surface area contributed by atoms with Crippen molar-refractivity contribution in [3.8, 4) is 0 Å². The van der Waals surface area contributed by atoms with Gasteiger partial charge >= 0.3 is 0 Å². The molecule has 2 unspecified atom stereocenters. The number of fused-ring (bicyclic) bond motifs is 1. The Morgan fingerprint density at radius 1 is 1.28 bits per heavy atom. The highest BCUT2D eigenvalue weighted by Gasteiger charge is 2.40. The molecule has 98 valence electrons. The quantitative estimate of drug-likeness (QED) is 0.862. The van der Waals surface area contributed by atoms with Gasteiger partial charge in [0, 0.05) is 12.1 Å². The molecule has 2 heteroatoms. The SMILES string of the molecule is CCCCN(C1CC1)C1Cc2ccccc2C1O. The van der Waals surface area contributed by atoms with E-state index in [2.05, 4.69) is 30.0 Å². The van der Waals surface area contributed by atoms with Gasteiger partial charge in [-0.3, -0.25) is 4.90 Å². The molecule has 3 rings (SSSR count). The zero-order chi connectivity index (χ0) is 12.5. The first-order valence-electron chi connectivity index (χ1n) is 7.33. The molecule has 18 heavy (non-hydrogen) atoms. The van der Waals surface area contributed by atoms with Crippen molar-refractivity contribution < 1.29 is 5.11 Å². The highest BCUT2D eigenvalue weighted by atomic mass is 16.3. The van der Waals surface area contributed by atoms with E-state index < -0.39 is 0 Å². The minimum Gasteiger partial charge on any atom is -0.387 e. The Kier molecular flexibility index (Phi) is 3.40. The molecular weight excluding hydrogens is 222 g/mol. The van der Waals surface area contributed by atoms with Crippen LogP contribution in [0.4, 0.5) is 0 Å². The molecule has 1 aromatic rings. The van der Waals surface area contributed by atoms with Crippen LogP contribution in [0.15, 0.2) is 24.3 Å². The van der Waals surface area contributed by atoms with Crippen LogP contribution in [0.2, 0.25) is 0 Å². The smallest absolute Gasteiger partial charge is 0.0951 e. The monoisotopic (exact) mass is 245 g/mol. The molecule has 0 aliphatic heterocycles. The molecule has 0 aromatic heterocycles. The number of hydrogen-bond acceptors (Lipinski definition) is 2. The van der Waals surface area contributed by atoms with Gasteiger partial charge in [0.15, 0.2) is 0 Å². The van der Waals surface area contributed by atoms with Gasteiger partial charge < -0.3 is 5.11 Å². The third kappa shape index (κ3) is 2.19. The number of aliphatic hydroxyl groups is 1. The maximum absolute atomic E-state index is 10.5. The Morgan fingerprint density at radius 2 is 2.06 bits per heavy atom. The van der Waals surface area contributed by atoms with E-state index in [1.807, 2.05) is 6.07 Å². The summed E-state index contributed by atoms with van der Waals surface area (Å²) in [5.41, 5.74) is 2.50. The van der Waals surface area contributed by atoms with Crippen molar-refractivity contribution in [2.45, 2.75) is 57.2 Å². The summed E-state index contributed by atoms with van der Waals surface area (Å²) in [5.74, 6) is 0. The summed E-state index contributed by atoms with van der Waals surface area (Å²) in [7, 11) is 0. The first kappa shape index (κ1) is 12.2. The predicted molar refractivity (Wildman–Crippen MR) is 73.5 cm³/mol. The lowest BCUT2D eigenvalue weighted by atomic mass is 10.1. The highest BCUT2D eigenvalue weighted by Crippen LogP contribution is 2.39. The number of unbranched alkanes of at least 4 members (excludes halogenated alkanes) is 1. The molecule has 2 aliphatic rings. The summed E-state index contributed by atoms with van der Waals surface area (Å²) >= 11 is 0. The van der Waals surface area contributed by atoms with Crippen molar-refractivity contribution in [2.75, 3.05) is 6.54 Å². The van der Waals surface area contributed by atoms with Crippen molar-refractivity contribution in [3.63, 3.8) is 0 Å². The van der Waals surface area contributed by atoms with Gasteiger partial charge in [0.05, 0.1) is 6.10 Å². The van der Waals surface area contributed by atoms with Gasteiger partial charge in [0.1, 0.15) is 0 Å². The fourth-order valence-electron chi connectivity index (χ4n) is 3.22. The van der Waals surface area contributed by atoms with Gasteiger partial charge in [-0.05, 0) is 43.4 Å². The summed E-state index contributed by atoms with van der Waals surface area (Å²) in [5, 5.41) is 10.5. The van der Waals surface area contributed by atoms with Gasteiger partial charge in [-0.1, -0.05) is 37.6 Å². The van der Waals surface area contributed by atoms with E-state index in [4.69, 9.17) is 0 Å². The molecule has 0 heterocycles. The van der Waals surface area contributed by atoms with Crippen LogP contribution >= 0.6 is 0 Å². The van der Waals surface area contributed by atoms with E-state index in [1.54, 1.807) is 0 Å². The van der Waals surface area contributed by atoms with Crippen LogP contribution in [-0.2, 0) is 6.42 Å². The van der Waals surface area contributed by atoms with Crippen LogP contribution in [0, 0.1) is 0 Å². The van der Waals surface area contributed by atoms with Crippen LogP contribution < -0.4 is 0 Å². The molecule has 0 radical (unpaired) electrons. The Morgan fingerprint density at radius 3 is 2.72 bits per heavy atom. The molecule has 1 fully saturated rings. The molecule has 1 saturated carbocycles. The van der Waals surface area contributed by atoms with Gasteiger partial charge in [-0.2, -0.15) is 0 Å². The van der Waals surface area contributed by atoms with Crippen molar-refractivity contribution in [1.82, 2.24) is 4.90 Å². The molecule has 2 aliphatic carbocycles. The van der Waals surface area contributed by atoms with E-state index in [0.29, 0.717) is 6.04 Å². The molecule has 0 amide bonds. The first-order valence-corrected chi connectivity index (χ1v) is 7.33. The first-order chi connectivity index (χ1) is 8.81. The molecule has 0 bridgehead atoms. The number of rotatable bonds is 5. The Bertz CT molecular complexity index is 413. The third-order valence-electron chi connectivity index (χ3n) is 4.38. The number of nitrogens with zero attached hydrogens (tertiary/aromatic N) is 1. The molecule has 0 saturated heterocycles. The molecule has 2 atom stereocenters. The lowest BCUT2D eigenvalue weighted by molar-refractivity contribution is 0.0546. The van der Waals surface area contributed by atoms with Crippen molar-refractivity contribution in [2.24, 2.45) is 0 Å². The fourth-order valence-corrected chi connectivity index (χ4v) is 3.22. The maximum atomic E-state index is 10.5. The highest BCUT2D eigenvalue weighted by molar-refractivity contribution is 5.36. The van der Waals surface area contributed by atoms with Crippen molar-refractivity contribution in [3.05, 3.63) is 35.4 Å². The van der Waals surface area contributed by atoms with Gasteiger partial charge in [0.25, 0.3) is 0 Å². The fraction of sp³-hybridized carbons (Fsp3) is 0.625. The number of hydrogen-bond donors (Lipinski definition) is 1. The number of benzene rings is 1. The molecule has 0 spiro atoms. The zero-order valence-electron chi connectivity index (χ0n) is 11.2. The van der Waals surface area contributed by atoms with Crippen LogP contribution in [0.1, 0.15) is 49.8 Å². The van der Waals surface area contributed by atoms with Crippen LogP contribution in [0.5, 0.6) is 0 Å². The van der Waals surface area contributed by atoms with Crippen molar-refractivity contribution >= 4 is 0 Å². The van der Waals surface area contributed by atoms with E-state index in [9.17, 15) is 5.11 Å². The second-order valence-corrected chi connectivity index (χ2v) is 5.74. The van der Waals surface area contributed by atoms with E-state index >= 15 is 0 Å². The van der Waals surface area contributed by atoms with Gasteiger partial charge in [0.2, 0.25) is 0 Å². The van der Waals surface area contributed by atoms with Gasteiger partial charge in [-0.25, -0.2) is 0 Å². The maximum Gasteiger partial charge on any atom is 0.0951 e. The van der Waals surface area contributed by atoms with Crippen LogP contribution in [0.25, 0.3) is 0 Å². The number of aliphatic hydroxyl groups excluding tert-OH is 1. The van der Waals surface area contributed by atoms with E-state index in [-0.39, 0.29) is 6.10 Å². The average molecular weight is 245 g/mol. The second-order valence-electron chi connectivity index (χ2n) is 5.74. The van der Waals surface area contributed by atoms with Crippen LogP contribution in [-0.4, -0.2) is 28.6 Å². The topological polar surface area (TPSA) is 23.5 Å². The third-order valence-corrected chi connectivity index (χ3v) is 4.38. The second kappa shape index (κ2) is 5.02. The molecule has 1 N–H and O–H groups in total. The predicted octanol–water partition coefficient (Wildman–Crippen LogP) is 2.91. The largest absolute Gasteiger partial charge is 0.387 e. The van der Waals surface area contributed by atoms with Gasteiger partial charge in [-0.15, -0.1) is 0 Å². The standard InChI is InChI=1S/C16H23NO/c1-2-3-10-17(13-8-9-13)15-11-12-6-4-5-7-14(12)16(15)18/h4-7,13,15-16,18H,2-3,8-11H2,1H3. The minimum absolute atomic E-state index is 0.279. The van der Waals surface area contributed by atoms with E-state index in [0.717, 1.165) is 24.6 Å². The van der Waals surface area contributed by atoms with E-state index in [1.165, 1.54) is 31.2 Å². The Balaban J connectivity index is 1.76. The summed E-state index contributed by atoms with van der Waals surface area (Å²) < 4.78 is 0. The van der Waals surface area contributed by atoms with Crippen LogP contribution in [0.3, 0.4) is 0 Å². The summed E-state index contributed by atoms with van der Waals surface area (Å²) in [6.45, 7) is 3.39. The lowest BCUT2D eigenvalue weighted by Crippen LogP contribution is -2.40. The molecular formula is C16H23NO. The Hall–Kier alpha value is -0.860. The lowest BCUT2D eigenvalue weighted by Gasteiger charge is -2.31. The average Bonchev–Trinajstić information content (AvgIpc) is 3.17. The summed E-state index contributed by atoms with van der Waals surface area (Å²) in [6.07, 6.45) is 5.87.